The highest BCUT2D eigenvalue weighted by Crippen LogP contribution is 2.18. The van der Waals surface area contributed by atoms with Crippen molar-refractivity contribution in [2.45, 2.75) is 32.5 Å². The Morgan fingerprint density at radius 3 is 2.86 bits per heavy atom. The molecule has 3 aromatic heterocycles. The number of nitriles is 1. The van der Waals surface area contributed by atoms with Gasteiger partial charge in [0.05, 0.1) is 17.1 Å². The predicted molar refractivity (Wildman–Crippen MR) is 85.4 cm³/mol. The van der Waals surface area contributed by atoms with Crippen molar-refractivity contribution in [2.24, 2.45) is 0 Å². The van der Waals surface area contributed by atoms with Gasteiger partial charge in [-0.05, 0) is 32.0 Å². The van der Waals surface area contributed by atoms with E-state index in [1.807, 2.05) is 51.9 Å². The Kier molecular flexibility index (Phi) is 3.94. The number of pyridine rings is 1. The van der Waals surface area contributed by atoms with Crippen LogP contribution in [-0.4, -0.2) is 20.2 Å². The van der Waals surface area contributed by atoms with Crippen LogP contribution in [0.2, 0.25) is 0 Å². The van der Waals surface area contributed by atoms with Crippen molar-refractivity contribution in [3.63, 3.8) is 0 Å². The lowest BCUT2D eigenvalue weighted by Gasteiger charge is -2.21. The van der Waals surface area contributed by atoms with Crippen LogP contribution in [0.3, 0.4) is 0 Å². The third kappa shape index (κ3) is 2.61. The summed E-state index contributed by atoms with van der Waals surface area (Å²) in [6.45, 7) is 4.93. The van der Waals surface area contributed by atoms with Gasteiger partial charge in [-0.25, -0.2) is 0 Å². The highest BCUT2D eigenvalue weighted by atomic mass is 15.3. The smallest absolute Gasteiger partial charge is 0.102 e. The van der Waals surface area contributed by atoms with Gasteiger partial charge in [0.15, 0.2) is 0 Å². The molecule has 1 N–H and O–H groups in total. The molecular weight excluding hydrogens is 274 g/mol. The van der Waals surface area contributed by atoms with Crippen LogP contribution in [0.15, 0.2) is 49.1 Å². The van der Waals surface area contributed by atoms with Gasteiger partial charge in [-0.2, -0.15) is 10.4 Å². The minimum atomic E-state index is 0.245. The lowest BCUT2D eigenvalue weighted by atomic mass is 10.1. The molecule has 0 saturated heterocycles. The Hall–Kier alpha value is -2.58. The number of nitrogens with zero attached hydrogens (tertiary/aromatic N) is 4. The van der Waals surface area contributed by atoms with Crippen LogP contribution in [0.25, 0.3) is 5.52 Å². The zero-order valence-electron chi connectivity index (χ0n) is 12.8. The van der Waals surface area contributed by atoms with Crippen molar-refractivity contribution >= 4 is 5.52 Å². The van der Waals surface area contributed by atoms with E-state index in [0.29, 0.717) is 6.54 Å². The fourth-order valence-corrected chi connectivity index (χ4v) is 2.63. The zero-order valence-corrected chi connectivity index (χ0v) is 12.8. The summed E-state index contributed by atoms with van der Waals surface area (Å²) in [7, 11) is 0. The largest absolute Gasteiger partial charge is 0.322 e. The molecule has 3 rings (SSSR count). The summed E-state index contributed by atoms with van der Waals surface area (Å²) in [6.07, 6.45) is 7.75. The molecule has 5 nitrogen and oxygen atoms in total. The summed E-state index contributed by atoms with van der Waals surface area (Å²) in [5.74, 6) is 0. The summed E-state index contributed by atoms with van der Waals surface area (Å²) in [5, 5.41) is 17.2. The highest BCUT2D eigenvalue weighted by Gasteiger charge is 2.15. The minimum absolute atomic E-state index is 0.245. The second-order valence-corrected chi connectivity index (χ2v) is 5.53. The number of rotatable bonds is 5. The van der Waals surface area contributed by atoms with E-state index < -0.39 is 0 Å². The molecule has 0 amide bonds. The van der Waals surface area contributed by atoms with Gasteiger partial charge < -0.3 is 9.72 Å². The van der Waals surface area contributed by atoms with Crippen molar-refractivity contribution < 1.29 is 0 Å². The maximum absolute atomic E-state index is 9.42. The van der Waals surface area contributed by atoms with Gasteiger partial charge in [0, 0.05) is 42.9 Å². The van der Waals surface area contributed by atoms with Crippen LogP contribution >= 0.6 is 0 Å². The summed E-state index contributed by atoms with van der Waals surface area (Å²) in [4.78, 5) is 0. The molecule has 0 unspecified atom stereocenters. The molecule has 0 saturated carbocycles. The van der Waals surface area contributed by atoms with Gasteiger partial charge in [0.2, 0.25) is 0 Å². The SMILES string of the molecule is C[C@H]([C@@H](C)NCc1cn2ccccc2c1C#N)n1cccn1. The fraction of sp³-hybridized carbons (Fsp3) is 0.294. The molecule has 5 heteroatoms. The maximum atomic E-state index is 9.42. The molecule has 0 aliphatic heterocycles. The lowest BCUT2D eigenvalue weighted by molar-refractivity contribution is 0.365. The number of fused-ring (bicyclic) bond motifs is 1. The first kappa shape index (κ1) is 14.4. The molecular formula is C17H19N5. The van der Waals surface area contributed by atoms with Crippen molar-refractivity contribution in [3.8, 4) is 6.07 Å². The first-order valence-corrected chi connectivity index (χ1v) is 7.42. The standard InChI is InChI=1S/C17H19N5/c1-13(14(2)22-9-5-7-20-22)19-11-15-12-21-8-4-3-6-17(21)16(15)10-18/h3-9,12-14,19H,11H2,1-2H3/t13-,14-/m1/s1. The molecule has 0 aromatic carbocycles. The van der Waals surface area contributed by atoms with Crippen molar-refractivity contribution in [2.75, 3.05) is 0 Å². The predicted octanol–water partition coefficient (Wildman–Crippen LogP) is 2.75. The summed E-state index contributed by atoms with van der Waals surface area (Å²) >= 11 is 0. The van der Waals surface area contributed by atoms with Crippen LogP contribution < -0.4 is 5.32 Å². The second kappa shape index (κ2) is 6.04. The third-order valence-electron chi connectivity index (χ3n) is 4.15. The normalized spacial score (nSPS) is 13.9. The molecule has 0 radical (unpaired) electrons. The van der Waals surface area contributed by atoms with Crippen LogP contribution in [0.5, 0.6) is 0 Å². The van der Waals surface area contributed by atoms with Crippen molar-refractivity contribution in [3.05, 3.63) is 60.2 Å². The summed E-state index contributed by atoms with van der Waals surface area (Å²) < 4.78 is 3.94. The summed E-state index contributed by atoms with van der Waals surface area (Å²) in [5.41, 5.74) is 2.72. The minimum Gasteiger partial charge on any atom is -0.322 e. The maximum Gasteiger partial charge on any atom is 0.102 e. The molecule has 2 atom stereocenters. The molecule has 0 spiro atoms. The molecule has 0 fully saturated rings. The Labute approximate surface area is 129 Å². The number of aromatic nitrogens is 3. The van der Waals surface area contributed by atoms with Crippen molar-refractivity contribution in [1.82, 2.24) is 19.5 Å². The van der Waals surface area contributed by atoms with E-state index in [4.69, 9.17) is 0 Å². The van der Waals surface area contributed by atoms with Gasteiger partial charge in [0.25, 0.3) is 0 Å². The Morgan fingerprint density at radius 2 is 2.14 bits per heavy atom. The average Bonchev–Trinajstić information content (AvgIpc) is 3.18. The van der Waals surface area contributed by atoms with Gasteiger partial charge in [-0.3, -0.25) is 4.68 Å². The molecule has 3 aromatic rings. The van der Waals surface area contributed by atoms with Crippen LogP contribution in [-0.2, 0) is 6.54 Å². The Morgan fingerprint density at radius 1 is 1.27 bits per heavy atom. The first-order valence-electron chi connectivity index (χ1n) is 7.42. The average molecular weight is 293 g/mol. The molecule has 22 heavy (non-hydrogen) atoms. The molecule has 0 bridgehead atoms. The highest BCUT2D eigenvalue weighted by molar-refractivity contribution is 5.65. The van der Waals surface area contributed by atoms with Gasteiger partial charge in [-0.1, -0.05) is 6.07 Å². The van der Waals surface area contributed by atoms with Gasteiger partial charge >= 0.3 is 0 Å². The van der Waals surface area contributed by atoms with E-state index >= 15 is 0 Å². The van der Waals surface area contributed by atoms with E-state index in [1.165, 1.54) is 0 Å². The lowest BCUT2D eigenvalue weighted by Crippen LogP contribution is -2.33. The monoisotopic (exact) mass is 293 g/mol. The number of nitrogens with one attached hydrogen (secondary N) is 1. The van der Waals surface area contributed by atoms with Crippen LogP contribution in [0, 0.1) is 11.3 Å². The quantitative estimate of drug-likeness (QED) is 0.787. The molecule has 0 aliphatic rings. The van der Waals surface area contributed by atoms with Gasteiger partial charge in [-0.15, -0.1) is 0 Å². The zero-order chi connectivity index (χ0) is 15.5. The van der Waals surface area contributed by atoms with Crippen molar-refractivity contribution in [1.29, 1.82) is 5.26 Å². The van der Waals surface area contributed by atoms with Gasteiger partial charge in [0.1, 0.15) is 6.07 Å². The van der Waals surface area contributed by atoms with Crippen LogP contribution in [0.4, 0.5) is 0 Å². The second-order valence-electron chi connectivity index (χ2n) is 5.53. The number of hydrogen-bond acceptors (Lipinski definition) is 3. The Balaban J connectivity index is 1.75. The molecule has 3 heterocycles. The number of hydrogen-bond donors (Lipinski definition) is 1. The Bertz CT molecular complexity index is 794. The van der Waals surface area contributed by atoms with Crippen LogP contribution in [0.1, 0.15) is 31.0 Å². The topological polar surface area (TPSA) is 58.0 Å². The van der Waals surface area contributed by atoms with E-state index in [9.17, 15) is 5.26 Å². The third-order valence-corrected chi connectivity index (χ3v) is 4.15. The fourth-order valence-electron chi connectivity index (χ4n) is 2.63. The van der Waals surface area contributed by atoms with E-state index in [2.05, 4.69) is 30.3 Å². The first-order chi connectivity index (χ1) is 10.7. The summed E-state index contributed by atoms with van der Waals surface area (Å²) in [6, 6.07) is 10.6. The van der Waals surface area contributed by atoms with E-state index in [1.54, 1.807) is 6.20 Å². The van der Waals surface area contributed by atoms with E-state index in [0.717, 1.165) is 16.6 Å². The van der Waals surface area contributed by atoms with E-state index in [-0.39, 0.29) is 12.1 Å². The molecule has 112 valence electrons. The molecule has 0 aliphatic carbocycles.